The average Bonchev–Trinajstić information content (AvgIpc) is 2.56. The van der Waals surface area contributed by atoms with E-state index in [0.717, 1.165) is 37.4 Å². The van der Waals surface area contributed by atoms with E-state index in [1.54, 1.807) is 0 Å². The largest absolute Gasteiger partial charge is 0.336 e. The number of nitrogens with one attached hydrogen (secondary N) is 2. The zero-order valence-corrected chi connectivity index (χ0v) is 16.4. The van der Waals surface area contributed by atoms with E-state index in [1.165, 1.54) is 0 Å². The van der Waals surface area contributed by atoms with Crippen molar-refractivity contribution in [3.8, 4) is 0 Å². The predicted molar refractivity (Wildman–Crippen MR) is 105 cm³/mol. The third-order valence-electron chi connectivity index (χ3n) is 5.08. The van der Waals surface area contributed by atoms with Crippen LogP contribution < -0.4 is 10.6 Å². The van der Waals surface area contributed by atoms with Gasteiger partial charge in [-0.25, -0.2) is 4.79 Å². The third-order valence-corrected chi connectivity index (χ3v) is 5.08. The van der Waals surface area contributed by atoms with Crippen molar-refractivity contribution in [3.63, 3.8) is 0 Å². The van der Waals surface area contributed by atoms with Crippen molar-refractivity contribution in [1.82, 2.24) is 15.1 Å². The lowest BCUT2D eigenvalue weighted by Crippen LogP contribution is -2.54. The van der Waals surface area contributed by atoms with Gasteiger partial charge in [0.2, 0.25) is 0 Å². The van der Waals surface area contributed by atoms with E-state index in [-0.39, 0.29) is 6.03 Å². The number of para-hydroxylation sites is 1. The molecule has 140 valence electrons. The van der Waals surface area contributed by atoms with Crippen LogP contribution in [0.25, 0.3) is 0 Å². The summed E-state index contributed by atoms with van der Waals surface area (Å²) in [6.45, 7) is 13.7. The maximum atomic E-state index is 12.4. The molecule has 0 spiro atoms. The second-order valence-corrected chi connectivity index (χ2v) is 7.73. The normalized spacial score (nSPS) is 17.7. The number of nitrogens with zero attached hydrogens (tertiary/aromatic N) is 2. The van der Waals surface area contributed by atoms with Gasteiger partial charge in [0, 0.05) is 44.5 Å². The van der Waals surface area contributed by atoms with E-state index in [2.05, 4.69) is 61.2 Å². The summed E-state index contributed by atoms with van der Waals surface area (Å²) in [6, 6.07) is 8.27. The SMILES string of the molecule is CC(C)c1ccccc1NC(=O)NC[C@H](C(C)C)N1CCN(C)CC1. The zero-order valence-electron chi connectivity index (χ0n) is 16.4. The summed E-state index contributed by atoms with van der Waals surface area (Å²) in [4.78, 5) is 17.3. The molecule has 25 heavy (non-hydrogen) atoms. The van der Waals surface area contributed by atoms with Crippen LogP contribution in [0.3, 0.4) is 0 Å². The lowest BCUT2D eigenvalue weighted by atomic mass is 10.0. The molecule has 1 atom stereocenters. The molecule has 2 N–H and O–H groups in total. The molecule has 1 aromatic carbocycles. The van der Waals surface area contributed by atoms with Gasteiger partial charge in [0.25, 0.3) is 0 Å². The number of hydrogen-bond acceptors (Lipinski definition) is 3. The highest BCUT2D eigenvalue weighted by molar-refractivity contribution is 5.90. The highest BCUT2D eigenvalue weighted by Crippen LogP contribution is 2.23. The van der Waals surface area contributed by atoms with Gasteiger partial charge >= 0.3 is 6.03 Å². The Labute approximate surface area is 152 Å². The van der Waals surface area contributed by atoms with Crippen molar-refractivity contribution in [2.75, 3.05) is 45.1 Å². The predicted octanol–water partition coefficient (Wildman–Crippen LogP) is 3.20. The number of hydrogen-bond donors (Lipinski definition) is 2. The highest BCUT2D eigenvalue weighted by Gasteiger charge is 2.25. The molecule has 1 fully saturated rings. The molecule has 5 nitrogen and oxygen atoms in total. The van der Waals surface area contributed by atoms with Crippen LogP contribution in [-0.2, 0) is 0 Å². The summed E-state index contributed by atoms with van der Waals surface area (Å²) >= 11 is 0. The quantitative estimate of drug-likeness (QED) is 0.831. The van der Waals surface area contributed by atoms with Crippen LogP contribution in [-0.4, -0.2) is 61.6 Å². The van der Waals surface area contributed by atoms with Crippen molar-refractivity contribution in [3.05, 3.63) is 29.8 Å². The zero-order chi connectivity index (χ0) is 18.4. The Morgan fingerprint density at radius 2 is 1.72 bits per heavy atom. The molecule has 1 heterocycles. The average molecular weight is 347 g/mol. The van der Waals surface area contributed by atoms with E-state index >= 15 is 0 Å². The molecule has 1 saturated heterocycles. The topological polar surface area (TPSA) is 47.6 Å². The number of anilines is 1. The van der Waals surface area contributed by atoms with Gasteiger partial charge in [-0.15, -0.1) is 0 Å². The smallest absolute Gasteiger partial charge is 0.319 e. The van der Waals surface area contributed by atoms with Crippen LogP contribution >= 0.6 is 0 Å². The Balaban J connectivity index is 1.91. The molecule has 2 amide bonds. The molecular weight excluding hydrogens is 312 g/mol. The first-order valence-electron chi connectivity index (χ1n) is 9.45. The van der Waals surface area contributed by atoms with Gasteiger partial charge in [-0.3, -0.25) is 4.90 Å². The van der Waals surface area contributed by atoms with Crippen molar-refractivity contribution < 1.29 is 4.79 Å². The number of benzene rings is 1. The summed E-state index contributed by atoms with van der Waals surface area (Å²) in [7, 11) is 2.17. The molecular formula is C20H34N4O. The molecule has 5 heteroatoms. The van der Waals surface area contributed by atoms with Gasteiger partial charge in [0.1, 0.15) is 0 Å². The second kappa shape index (κ2) is 9.20. The van der Waals surface area contributed by atoms with Crippen LogP contribution in [0.15, 0.2) is 24.3 Å². The summed E-state index contributed by atoms with van der Waals surface area (Å²) in [5, 5.41) is 6.10. The Bertz CT molecular complexity index is 550. The molecule has 0 aromatic heterocycles. The summed E-state index contributed by atoms with van der Waals surface area (Å²) in [6.07, 6.45) is 0. The second-order valence-electron chi connectivity index (χ2n) is 7.73. The molecule has 1 aliphatic heterocycles. The molecule has 0 aliphatic carbocycles. The van der Waals surface area contributed by atoms with E-state index in [0.29, 0.717) is 24.4 Å². The molecule has 0 bridgehead atoms. The van der Waals surface area contributed by atoms with Crippen LogP contribution in [0.1, 0.15) is 39.2 Å². The van der Waals surface area contributed by atoms with Crippen LogP contribution in [0.5, 0.6) is 0 Å². The lowest BCUT2D eigenvalue weighted by Gasteiger charge is -2.39. The van der Waals surface area contributed by atoms with Crippen molar-refractivity contribution in [1.29, 1.82) is 0 Å². The van der Waals surface area contributed by atoms with E-state index < -0.39 is 0 Å². The first-order valence-corrected chi connectivity index (χ1v) is 9.45. The fourth-order valence-electron chi connectivity index (χ4n) is 3.42. The minimum Gasteiger partial charge on any atom is -0.336 e. The van der Waals surface area contributed by atoms with Gasteiger partial charge in [0.15, 0.2) is 0 Å². The third kappa shape index (κ3) is 5.72. The van der Waals surface area contributed by atoms with Gasteiger partial charge in [-0.05, 0) is 30.5 Å². The van der Waals surface area contributed by atoms with Gasteiger partial charge < -0.3 is 15.5 Å². The standard InChI is InChI=1S/C20H34N4O/c1-15(2)17-8-6-7-9-18(17)22-20(25)21-14-19(16(3)4)24-12-10-23(5)11-13-24/h6-9,15-16,19H,10-14H2,1-5H3,(H2,21,22,25)/t19-/m1/s1. The van der Waals surface area contributed by atoms with E-state index in [4.69, 9.17) is 0 Å². The van der Waals surface area contributed by atoms with Crippen molar-refractivity contribution in [2.24, 2.45) is 5.92 Å². The van der Waals surface area contributed by atoms with E-state index in [1.807, 2.05) is 18.2 Å². The Morgan fingerprint density at radius 1 is 1.08 bits per heavy atom. The monoisotopic (exact) mass is 346 g/mol. The van der Waals surface area contributed by atoms with Crippen LogP contribution in [0.2, 0.25) is 0 Å². The maximum absolute atomic E-state index is 12.4. The fraction of sp³-hybridized carbons (Fsp3) is 0.650. The molecule has 0 radical (unpaired) electrons. The number of rotatable bonds is 6. The Morgan fingerprint density at radius 3 is 2.32 bits per heavy atom. The minimum atomic E-state index is -0.118. The first kappa shape index (κ1) is 19.7. The van der Waals surface area contributed by atoms with E-state index in [9.17, 15) is 4.79 Å². The molecule has 1 aliphatic rings. The number of carbonyl (C=O) groups excluding carboxylic acids is 1. The van der Waals surface area contributed by atoms with Crippen molar-refractivity contribution >= 4 is 11.7 Å². The van der Waals surface area contributed by atoms with Gasteiger partial charge in [0.05, 0.1) is 0 Å². The Hall–Kier alpha value is -1.59. The highest BCUT2D eigenvalue weighted by atomic mass is 16.2. The summed E-state index contributed by atoms with van der Waals surface area (Å²) in [5.41, 5.74) is 2.06. The molecule has 1 aromatic rings. The Kier molecular flexibility index (Phi) is 7.26. The van der Waals surface area contributed by atoms with Crippen LogP contribution in [0.4, 0.5) is 10.5 Å². The van der Waals surface area contributed by atoms with Crippen molar-refractivity contribution in [2.45, 2.75) is 39.7 Å². The summed E-state index contributed by atoms with van der Waals surface area (Å²) in [5.74, 6) is 0.886. The molecule has 0 saturated carbocycles. The number of likely N-dealkylation sites (N-methyl/N-ethyl adjacent to an activating group) is 1. The maximum Gasteiger partial charge on any atom is 0.319 e. The van der Waals surface area contributed by atoms with Crippen LogP contribution in [0, 0.1) is 5.92 Å². The number of piperazine rings is 1. The number of carbonyl (C=O) groups is 1. The van der Waals surface area contributed by atoms with Gasteiger partial charge in [-0.1, -0.05) is 45.9 Å². The lowest BCUT2D eigenvalue weighted by molar-refractivity contribution is 0.0890. The molecule has 2 rings (SSSR count). The van der Waals surface area contributed by atoms with Gasteiger partial charge in [-0.2, -0.15) is 0 Å². The summed E-state index contributed by atoms with van der Waals surface area (Å²) < 4.78 is 0. The number of urea groups is 1. The number of amides is 2. The first-order chi connectivity index (χ1) is 11.9. The minimum absolute atomic E-state index is 0.118. The molecule has 0 unspecified atom stereocenters. The fourth-order valence-corrected chi connectivity index (χ4v) is 3.42.